The van der Waals surface area contributed by atoms with E-state index in [2.05, 4.69) is 23.9 Å². The van der Waals surface area contributed by atoms with E-state index in [0.29, 0.717) is 0 Å². The molecule has 0 saturated heterocycles. The molecule has 0 saturated carbocycles. The molecule has 0 amide bonds. The Kier molecular flexibility index (Phi) is 7.81. The minimum atomic E-state index is 0.206. The van der Waals surface area contributed by atoms with Gasteiger partial charge in [-0.1, -0.05) is 19.0 Å². The van der Waals surface area contributed by atoms with Gasteiger partial charge in [-0.3, -0.25) is 0 Å². The van der Waals surface area contributed by atoms with Crippen molar-refractivity contribution in [2.24, 2.45) is 10.9 Å². The first-order chi connectivity index (χ1) is 7.19. The first-order valence-corrected chi connectivity index (χ1v) is 5.64. The molecule has 0 rings (SSSR count). The number of nitrogens with two attached hydrogens (primary N) is 1. The normalized spacial score (nSPS) is 12.1. The van der Waals surface area contributed by atoms with E-state index in [9.17, 15) is 0 Å². The summed E-state index contributed by atoms with van der Waals surface area (Å²) in [5, 5.41) is 11.6. The summed E-state index contributed by atoms with van der Waals surface area (Å²) in [6.07, 6.45) is 1.03. The van der Waals surface area contributed by atoms with Crippen molar-refractivity contribution in [1.29, 1.82) is 0 Å². The van der Waals surface area contributed by atoms with Crippen molar-refractivity contribution >= 4 is 5.96 Å². The Morgan fingerprint density at radius 1 is 1.13 bits per heavy atom. The highest BCUT2D eigenvalue weighted by atomic mass is 16.4. The molecule has 0 aliphatic rings. The van der Waals surface area contributed by atoms with Gasteiger partial charge >= 0.3 is 0 Å². The van der Waals surface area contributed by atoms with Gasteiger partial charge in [0.2, 0.25) is 5.96 Å². The van der Waals surface area contributed by atoms with E-state index in [1.54, 1.807) is 0 Å². The van der Waals surface area contributed by atoms with Crippen LogP contribution in [0.2, 0.25) is 0 Å². The minimum Gasteiger partial charge on any atom is -0.408 e. The summed E-state index contributed by atoms with van der Waals surface area (Å²) in [6, 6.07) is 0. The number of hydrogen-bond acceptors (Lipinski definition) is 3. The van der Waals surface area contributed by atoms with Gasteiger partial charge in [0.1, 0.15) is 0 Å². The fraction of sp³-hybridized carbons (Fsp3) is 0.900. The molecular weight excluding hydrogens is 192 g/mol. The number of guanidine groups is 1. The number of rotatable bonds is 7. The van der Waals surface area contributed by atoms with E-state index >= 15 is 0 Å². The van der Waals surface area contributed by atoms with Crippen LogP contribution in [-0.2, 0) is 0 Å². The van der Waals surface area contributed by atoms with Crippen molar-refractivity contribution in [2.45, 2.75) is 27.2 Å². The fourth-order valence-corrected chi connectivity index (χ4v) is 1.52. The third-order valence-electron chi connectivity index (χ3n) is 2.60. The van der Waals surface area contributed by atoms with Gasteiger partial charge in [0.05, 0.1) is 0 Å². The molecule has 0 spiro atoms. The van der Waals surface area contributed by atoms with E-state index in [1.165, 1.54) is 0 Å². The minimum absolute atomic E-state index is 0.206. The number of oxime groups is 1. The summed E-state index contributed by atoms with van der Waals surface area (Å²) in [6.45, 7) is 11.1. The lowest BCUT2D eigenvalue weighted by molar-refractivity contribution is 0.273. The Bertz CT molecular complexity index is 180. The molecule has 0 aromatic rings. The van der Waals surface area contributed by atoms with Crippen LogP contribution in [0.3, 0.4) is 0 Å². The van der Waals surface area contributed by atoms with Gasteiger partial charge in [-0.25, -0.2) is 0 Å². The van der Waals surface area contributed by atoms with Crippen LogP contribution in [0.1, 0.15) is 27.2 Å². The Morgan fingerprint density at radius 3 is 2.13 bits per heavy atom. The van der Waals surface area contributed by atoms with E-state index < -0.39 is 0 Å². The maximum atomic E-state index is 8.55. The Hall–Kier alpha value is -0.970. The molecule has 0 aromatic carbocycles. The third kappa shape index (κ3) is 5.47. The van der Waals surface area contributed by atoms with E-state index in [4.69, 9.17) is 10.9 Å². The number of hydrogen-bond donors (Lipinski definition) is 2. The maximum absolute atomic E-state index is 8.55. The SMILES string of the molecule is CCN(CC)CCCN(CC)C(N)=NO. The Labute approximate surface area is 92.5 Å². The number of nitrogens with zero attached hydrogens (tertiary/aromatic N) is 3. The lowest BCUT2D eigenvalue weighted by Gasteiger charge is -2.23. The van der Waals surface area contributed by atoms with Crippen LogP contribution in [-0.4, -0.2) is 53.7 Å². The zero-order valence-electron chi connectivity index (χ0n) is 10.1. The molecule has 5 heteroatoms. The molecule has 3 N–H and O–H groups in total. The molecule has 0 bridgehead atoms. The topological polar surface area (TPSA) is 65.1 Å². The molecule has 5 nitrogen and oxygen atoms in total. The van der Waals surface area contributed by atoms with Crippen LogP contribution in [0.4, 0.5) is 0 Å². The van der Waals surface area contributed by atoms with Gasteiger partial charge in [-0.2, -0.15) is 0 Å². The molecule has 15 heavy (non-hydrogen) atoms. The van der Waals surface area contributed by atoms with Crippen molar-refractivity contribution < 1.29 is 5.21 Å². The van der Waals surface area contributed by atoms with Crippen molar-refractivity contribution in [3.05, 3.63) is 0 Å². The molecule has 0 atom stereocenters. The van der Waals surface area contributed by atoms with Crippen molar-refractivity contribution in [1.82, 2.24) is 9.80 Å². The molecule has 0 aliphatic heterocycles. The first-order valence-electron chi connectivity index (χ1n) is 5.64. The maximum Gasteiger partial charge on any atom is 0.233 e. The lowest BCUT2D eigenvalue weighted by Crippen LogP contribution is -2.39. The Morgan fingerprint density at radius 2 is 1.73 bits per heavy atom. The summed E-state index contributed by atoms with van der Waals surface area (Å²) in [7, 11) is 0. The second kappa shape index (κ2) is 8.35. The average molecular weight is 216 g/mol. The average Bonchev–Trinajstić information content (AvgIpc) is 2.28. The second-order valence-electron chi connectivity index (χ2n) is 3.42. The quantitative estimate of drug-likeness (QED) is 0.285. The predicted octanol–water partition coefficient (Wildman–Crippen LogP) is 0.744. The van der Waals surface area contributed by atoms with Crippen LogP contribution in [0.5, 0.6) is 0 Å². The molecule has 0 unspecified atom stereocenters. The molecule has 0 aliphatic carbocycles. The standard InChI is InChI=1S/C10H24N4O/c1-4-13(5-2)8-7-9-14(6-3)10(11)12-15/h15H,4-9H2,1-3H3,(H2,11,12). The second-order valence-corrected chi connectivity index (χ2v) is 3.42. The van der Waals surface area contributed by atoms with Gasteiger partial charge in [0, 0.05) is 13.1 Å². The highest BCUT2D eigenvalue weighted by Gasteiger charge is 2.06. The fourth-order valence-electron chi connectivity index (χ4n) is 1.52. The van der Waals surface area contributed by atoms with Crippen molar-refractivity contribution in [2.75, 3.05) is 32.7 Å². The van der Waals surface area contributed by atoms with Crippen LogP contribution < -0.4 is 5.73 Å². The molecule has 0 radical (unpaired) electrons. The summed E-state index contributed by atoms with van der Waals surface area (Å²) in [5.74, 6) is 0.206. The van der Waals surface area contributed by atoms with Gasteiger partial charge in [-0.05, 0) is 33.0 Å². The van der Waals surface area contributed by atoms with E-state index in [-0.39, 0.29) is 5.96 Å². The van der Waals surface area contributed by atoms with Gasteiger partial charge in [0.25, 0.3) is 0 Å². The predicted molar refractivity (Wildman–Crippen MR) is 63.1 cm³/mol. The highest BCUT2D eigenvalue weighted by Crippen LogP contribution is 1.95. The summed E-state index contributed by atoms with van der Waals surface area (Å²) in [4.78, 5) is 4.23. The van der Waals surface area contributed by atoms with Crippen LogP contribution in [0.15, 0.2) is 5.16 Å². The molecule has 0 heterocycles. The van der Waals surface area contributed by atoms with Gasteiger partial charge < -0.3 is 20.7 Å². The lowest BCUT2D eigenvalue weighted by atomic mass is 10.3. The smallest absolute Gasteiger partial charge is 0.233 e. The van der Waals surface area contributed by atoms with E-state index in [1.807, 2.05) is 11.8 Å². The monoisotopic (exact) mass is 216 g/mol. The van der Waals surface area contributed by atoms with Gasteiger partial charge in [0.15, 0.2) is 0 Å². The zero-order valence-corrected chi connectivity index (χ0v) is 10.1. The van der Waals surface area contributed by atoms with Gasteiger partial charge in [-0.15, -0.1) is 0 Å². The molecule has 90 valence electrons. The largest absolute Gasteiger partial charge is 0.408 e. The summed E-state index contributed by atoms with van der Waals surface area (Å²) < 4.78 is 0. The molecule has 0 aromatic heterocycles. The Balaban J connectivity index is 3.81. The molecule has 0 fully saturated rings. The van der Waals surface area contributed by atoms with Crippen LogP contribution >= 0.6 is 0 Å². The highest BCUT2D eigenvalue weighted by molar-refractivity contribution is 5.77. The zero-order chi connectivity index (χ0) is 11.7. The van der Waals surface area contributed by atoms with E-state index in [0.717, 1.165) is 39.1 Å². The summed E-state index contributed by atoms with van der Waals surface area (Å²) >= 11 is 0. The third-order valence-corrected chi connectivity index (χ3v) is 2.60. The molecular formula is C10H24N4O. The van der Waals surface area contributed by atoms with Crippen molar-refractivity contribution in [3.8, 4) is 0 Å². The first kappa shape index (κ1) is 14.0. The van der Waals surface area contributed by atoms with Crippen LogP contribution in [0.25, 0.3) is 0 Å². The summed E-state index contributed by atoms with van der Waals surface area (Å²) in [5.41, 5.74) is 5.52. The van der Waals surface area contributed by atoms with Crippen LogP contribution in [0, 0.1) is 0 Å². The van der Waals surface area contributed by atoms with Crippen molar-refractivity contribution in [3.63, 3.8) is 0 Å².